The first-order valence-electron chi connectivity index (χ1n) is 7.06. The second-order valence-corrected chi connectivity index (χ2v) is 5.99. The zero-order chi connectivity index (χ0) is 13.4. The summed E-state index contributed by atoms with van der Waals surface area (Å²) in [6.45, 7) is 0.950. The monoisotopic (exact) mass is 263 g/mol. The number of carbonyl (C=O) groups is 1. The normalized spacial score (nSPS) is 30.7. The summed E-state index contributed by atoms with van der Waals surface area (Å²) in [6, 6.07) is 1.14. The number of aryl methyl sites for hydroxylation is 1. The lowest BCUT2D eigenvalue weighted by Gasteiger charge is -2.38. The molecule has 0 aromatic carbocycles. The molecule has 2 saturated heterocycles. The van der Waals surface area contributed by atoms with Crippen LogP contribution < -0.4 is 0 Å². The van der Waals surface area contributed by atoms with Crippen LogP contribution in [0.5, 0.6) is 0 Å². The highest BCUT2D eigenvalue weighted by Crippen LogP contribution is 2.40. The van der Waals surface area contributed by atoms with Gasteiger partial charge in [0.1, 0.15) is 0 Å². The average Bonchev–Trinajstić information content (AvgIpc) is 2.83. The van der Waals surface area contributed by atoms with Gasteiger partial charge in [-0.3, -0.25) is 9.69 Å². The van der Waals surface area contributed by atoms with E-state index >= 15 is 0 Å². The summed E-state index contributed by atoms with van der Waals surface area (Å²) >= 11 is 0. The van der Waals surface area contributed by atoms with Crippen molar-refractivity contribution in [2.75, 3.05) is 0 Å². The Morgan fingerprint density at radius 3 is 2.63 bits per heavy atom. The number of hydrogen-bond acceptors (Lipinski definition) is 3. The summed E-state index contributed by atoms with van der Waals surface area (Å²) < 4.78 is 2.07. The fourth-order valence-electron chi connectivity index (χ4n) is 3.78. The van der Waals surface area contributed by atoms with E-state index in [1.54, 1.807) is 0 Å². The first-order chi connectivity index (χ1) is 9.13. The molecule has 2 fully saturated rings. The van der Waals surface area contributed by atoms with Crippen LogP contribution in [0.3, 0.4) is 0 Å². The molecule has 2 atom stereocenters. The van der Waals surface area contributed by atoms with Crippen LogP contribution in [0.4, 0.5) is 0 Å². The third-order valence-electron chi connectivity index (χ3n) is 4.71. The number of piperidine rings is 1. The summed E-state index contributed by atoms with van der Waals surface area (Å²) in [6.07, 6.45) is 8.64. The number of imidazole rings is 1. The Morgan fingerprint density at radius 2 is 2.11 bits per heavy atom. The molecule has 2 aliphatic heterocycles. The predicted octanol–water partition coefficient (Wildman–Crippen LogP) is 1.64. The fourth-order valence-corrected chi connectivity index (χ4v) is 3.78. The molecule has 3 heterocycles. The summed E-state index contributed by atoms with van der Waals surface area (Å²) in [7, 11) is 2.03. The van der Waals surface area contributed by atoms with Crippen LogP contribution in [0.25, 0.3) is 0 Å². The van der Waals surface area contributed by atoms with Crippen molar-refractivity contribution >= 4 is 5.97 Å². The van der Waals surface area contributed by atoms with Gasteiger partial charge in [0.2, 0.25) is 0 Å². The van der Waals surface area contributed by atoms with Crippen LogP contribution >= 0.6 is 0 Å². The number of nitrogens with zero attached hydrogens (tertiary/aromatic N) is 3. The van der Waals surface area contributed by atoms with Crippen molar-refractivity contribution < 1.29 is 9.90 Å². The second kappa shape index (κ2) is 4.96. The number of aromatic nitrogens is 2. The van der Waals surface area contributed by atoms with Gasteiger partial charge < -0.3 is 9.67 Å². The van der Waals surface area contributed by atoms with Crippen LogP contribution in [-0.2, 0) is 18.4 Å². The molecule has 5 heteroatoms. The second-order valence-electron chi connectivity index (χ2n) is 5.99. The molecule has 1 N–H and O–H groups in total. The highest BCUT2D eigenvalue weighted by atomic mass is 16.4. The quantitative estimate of drug-likeness (QED) is 0.897. The molecule has 19 heavy (non-hydrogen) atoms. The summed E-state index contributed by atoms with van der Waals surface area (Å²) in [5.41, 5.74) is 1.24. The largest absolute Gasteiger partial charge is 0.481 e. The van der Waals surface area contributed by atoms with E-state index in [9.17, 15) is 4.79 Å². The zero-order valence-electron chi connectivity index (χ0n) is 11.3. The van der Waals surface area contributed by atoms with Crippen LogP contribution in [0.15, 0.2) is 12.5 Å². The standard InChI is InChI=1S/C14H21N3O2/c1-16-9-15-7-13(16)8-17-11-2-3-12(17)5-10(4-11)6-14(18)19/h7,9-12H,2-6,8H2,1H3,(H,18,19). The van der Waals surface area contributed by atoms with E-state index < -0.39 is 5.97 Å². The molecule has 5 nitrogen and oxygen atoms in total. The Balaban J connectivity index is 1.66. The molecule has 104 valence electrons. The van der Waals surface area contributed by atoms with Crippen LogP contribution in [0.1, 0.15) is 37.8 Å². The molecule has 0 aliphatic carbocycles. The maximum absolute atomic E-state index is 10.9. The van der Waals surface area contributed by atoms with Crippen molar-refractivity contribution in [3.05, 3.63) is 18.2 Å². The zero-order valence-corrected chi connectivity index (χ0v) is 11.3. The van der Waals surface area contributed by atoms with Gasteiger partial charge in [-0.2, -0.15) is 0 Å². The van der Waals surface area contributed by atoms with Gasteiger partial charge in [-0.25, -0.2) is 4.98 Å². The van der Waals surface area contributed by atoms with Crippen molar-refractivity contribution in [3.63, 3.8) is 0 Å². The van der Waals surface area contributed by atoms with E-state index in [1.165, 1.54) is 18.5 Å². The molecule has 3 rings (SSSR count). The summed E-state index contributed by atoms with van der Waals surface area (Å²) in [5, 5.41) is 8.94. The highest BCUT2D eigenvalue weighted by Gasteiger charge is 2.41. The summed E-state index contributed by atoms with van der Waals surface area (Å²) in [4.78, 5) is 17.6. The number of carboxylic acids is 1. The lowest BCUT2D eigenvalue weighted by Crippen LogP contribution is -2.43. The summed E-state index contributed by atoms with van der Waals surface area (Å²) in [5.74, 6) is -0.276. The van der Waals surface area contributed by atoms with Gasteiger partial charge in [-0.05, 0) is 31.6 Å². The minimum atomic E-state index is -0.649. The highest BCUT2D eigenvalue weighted by molar-refractivity contribution is 5.67. The molecule has 2 aliphatic rings. The molecule has 2 unspecified atom stereocenters. The Labute approximate surface area is 113 Å². The number of fused-ring (bicyclic) bond motifs is 2. The van der Waals surface area contributed by atoms with Gasteiger partial charge in [0.15, 0.2) is 0 Å². The molecule has 1 aromatic rings. The lowest BCUT2D eigenvalue weighted by molar-refractivity contribution is -0.138. The molecule has 1 aromatic heterocycles. The Bertz CT molecular complexity index is 457. The van der Waals surface area contributed by atoms with Crippen LogP contribution in [-0.4, -0.2) is 37.6 Å². The van der Waals surface area contributed by atoms with Crippen molar-refractivity contribution in [1.82, 2.24) is 14.5 Å². The van der Waals surface area contributed by atoms with Gasteiger partial charge in [0.25, 0.3) is 0 Å². The minimum Gasteiger partial charge on any atom is -0.481 e. The topological polar surface area (TPSA) is 58.4 Å². The average molecular weight is 263 g/mol. The van der Waals surface area contributed by atoms with Crippen molar-refractivity contribution in [2.24, 2.45) is 13.0 Å². The molecule has 0 spiro atoms. The van der Waals surface area contributed by atoms with Crippen molar-refractivity contribution in [1.29, 1.82) is 0 Å². The molecular weight excluding hydrogens is 242 g/mol. The van der Waals surface area contributed by atoms with Crippen molar-refractivity contribution in [3.8, 4) is 0 Å². The van der Waals surface area contributed by atoms with Gasteiger partial charge in [0.05, 0.1) is 12.0 Å². The molecular formula is C14H21N3O2. The molecule has 0 amide bonds. The molecule has 0 radical (unpaired) electrons. The number of hydrogen-bond donors (Lipinski definition) is 1. The van der Waals surface area contributed by atoms with Gasteiger partial charge in [-0.15, -0.1) is 0 Å². The molecule has 2 bridgehead atoms. The number of carboxylic acid groups (broad SMARTS) is 1. The Morgan fingerprint density at radius 1 is 1.42 bits per heavy atom. The smallest absolute Gasteiger partial charge is 0.303 e. The lowest BCUT2D eigenvalue weighted by atomic mass is 9.88. The van der Waals surface area contributed by atoms with Crippen LogP contribution in [0, 0.1) is 5.92 Å². The van der Waals surface area contributed by atoms with E-state index in [-0.39, 0.29) is 0 Å². The van der Waals surface area contributed by atoms with E-state index in [1.807, 2.05) is 19.6 Å². The van der Waals surface area contributed by atoms with E-state index in [0.29, 0.717) is 24.4 Å². The Hall–Kier alpha value is -1.36. The third-order valence-corrected chi connectivity index (χ3v) is 4.71. The van der Waals surface area contributed by atoms with E-state index in [0.717, 1.165) is 19.4 Å². The molecule has 0 saturated carbocycles. The first kappa shape index (κ1) is 12.7. The predicted molar refractivity (Wildman–Crippen MR) is 70.5 cm³/mol. The maximum atomic E-state index is 10.9. The van der Waals surface area contributed by atoms with E-state index in [2.05, 4.69) is 14.5 Å². The third kappa shape index (κ3) is 2.52. The maximum Gasteiger partial charge on any atom is 0.303 e. The van der Waals surface area contributed by atoms with Crippen LogP contribution in [0.2, 0.25) is 0 Å². The van der Waals surface area contributed by atoms with Gasteiger partial charge in [0, 0.05) is 38.3 Å². The van der Waals surface area contributed by atoms with Gasteiger partial charge in [-0.1, -0.05) is 0 Å². The number of aliphatic carboxylic acids is 1. The minimum absolute atomic E-state index is 0.340. The SMILES string of the molecule is Cn1cncc1CN1C2CCC1CC(CC(=O)O)C2. The van der Waals surface area contributed by atoms with Gasteiger partial charge >= 0.3 is 5.97 Å². The number of rotatable bonds is 4. The Kier molecular flexibility index (Phi) is 3.31. The first-order valence-corrected chi connectivity index (χ1v) is 7.06. The fraction of sp³-hybridized carbons (Fsp3) is 0.714. The van der Waals surface area contributed by atoms with E-state index in [4.69, 9.17) is 5.11 Å². The van der Waals surface area contributed by atoms with Crippen molar-refractivity contribution in [2.45, 2.75) is 50.7 Å².